The minimum atomic E-state index is -0.155. The van der Waals surface area contributed by atoms with Gasteiger partial charge < -0.3 is 4.74 Å². The molecular formula is C19H30O2. The summed E-state index contributed by atoms with van der Waals surface area (Å²) >= 11 is 0. The van der Waals surface area contributed by atoms with Gasteiger partial charge in [0.2, 0.25) is 0 Å². The molecule has 0 amide bonds. The van der Waals surface area contributed by atoms with E-state index in [9.17, 15) is 4.79 Å². The summed E-state index contributed by atoms with van der Waals surface area (Å²) in [6, 6.07) is 0. The zero-order valence-electron chi connectivity index (χ0n) is 14.5. The van der Waals surface area contributed by atoms with Gasteiger partial charge >= 0.3 is 5.97 Å². The van der Waals surface area contributed by atoms with Crippen LogP contribution < -0.4 is 0 Å². The molecule has 0 aromatic heterocycles. The smallest absolute Gasteiger partial charge is 0.302 e. The van der Waals surface area contributed by atoms with Crippen LogP contribution in [0.4, 0.5) is 0 Å². The number of fused-ring (bicyclic) bond motifs is 2. The largest absolute Gasteiger partial charge is 0.462 e. The summed E-state index contributed by atoms with van der Waals surface area (Å²) in [4.78, 5) is 11.4. The summed E-state index contributed by atoms with van der Waals surface area (Å²) in [7, 11) is 0. The fourth-order valence-corrected chi connectivity index (χ4v) is 5.48. The molecule has 3 rings (SSSR count). The molecular weight excluding hydrogens is 260 g/mol. The third-order valence-electron chi connectivity index (χ3n) is 7.42. The number of hydrogen-bond acceptors (Lipinski definition) is 2. The Morgan fingerprint density at radius 2 is 2.05 bits per heavy atom. The van der Waals surface area contributed by atoms with Crippen molar-refractivity contribution in [1.82, 2.24) is 0 Å². The molecule has 2 nitrogen and oxygen atoms in total. The van der Waals surface area contributed by atoms with Gasteiger partial charge in [-0.2, -0.15) is 0 Å². The Balaban J connectivity index is 1.97. The lowest BCUT2D eigenvalue weighted by atomic mass is 9.35. The van der Waals surface area contributed by atoms with Crippen LogP contribution in [-0.2, 0) is 9.53 Å². The van der Waals surface area contributed by atoms with Crippen LogP contribution in [-0.4, -0.2) is 12.1 Å². The topological polar surface area (TPSA) is 26.3 Å². The second-order valence-corrected chi connectivity index (χ2v) is 8.75. The second kappa shape index (κ2) is 4.36. The molecule has 0 saturated heterocycles. The van der Waals surface area contributed by atoms with Crippen molar-refractivity contribution in [2.75, 3.05) is 0 Å². The minimum Gasteiger partial charge on any atom is -0.462 e. The zero-order chi connectivity index (χ0) is 15.6. The van der Waals surface area contributed by atoms with E-state index in [0.717, 1.165) is 5.92 Å². The molecule has 5 atom stereocenters. The highest BCUT2D eigenvalue weighted by Crippen LogP contribution is 2.74. The Morgan fingerprint density at radius 1 is 1.38 bits per heavy atom. The second-order valence-electron chi connectivity index (χ2n) is 8.75. The third-order valence-corrected chi connectivity index (χ3v) is 7.42. The molecule has 0 N–H and O–H groups in total. The summed E-state index contributed by atoms with van der Waals surface area (Å²) in [6.45, 7) is 13.1. The van der Waals surface area contributed by atoms with Gasteiger partial charge in [-0.05, 0) is 55.3 Å². The maximum absolute atomic E-state index is 11.4. The molecule has 0 aromatic rings. The lowest BCUT2D eigenvalue weighted by Crippen LogP contribution is -2.61. The van der Waals surface area contributed by atoms with Crippen molar-refractivity contribution in [1.29, 1.82) is 0 Å². The zero-order valence-corrected chi connectivity index (χ0v) is 14.5. The van der Waals surface area contributed by atoms with Crippen molar-refractivity contribution < 1.29 is 9.53 Å². The number of allylic oxidation sites excluding steroid dienone is 2. The first-order valence-electron chi connectivity index (χ1n) is 8.52. The van der Waals surface area contributed by atoms with E-state index in [0.29, 0.717) is 16.7 Å². The van der Waals surface area contributed by atoms with E-state index in [1.54, 1.807) is 5.57 Å². The van der Waals surface area contributed by atoms with Crippen LogP contribution >= 0.6 is 0 Å². The molecule has 0 aromatic carbocycles. The van der Waals surface area contributed by atoms with Crippen molar-refractivity contribution >= 4 is 5.97 Å². The van der Waals surface area contributed by atoms with E-state index in [1.807, 2.05) is 0 Å². The number of rotatable bonds is 2. The highest BCUT2D eigenvalue weighted by Gasteiger charge is 2.65. The van der Waals surface area contributed by atoms with Gasteiger partial charge in [0, 0.05) is 12.3 Å². The van der Waals surface area contributed by atoms with Crippen LogP contribution in [0.1, 0.15) is 67.2 Å². The number of hydrogen-bond donors (Lipinski definition) is 0. The minimum absolute atomic E-state index is 0.0195. The van der Waals surface area contributed by atoms with E-state index in [2.05, 4.69) is 40.7 Å². The monoisotopic (exact) mass is 290 g/mol. The molecule has 21 heavy (non-hydrogen) atoms. The normalized spacial score (nSPS) is 45.0. The number of esters is 1. The molecule has 2 heteroatoms. The average molecular weight is 290 g/mol. The van der Waals surface area contributed by atoms with Crippen LogP contribution in [0.2, 0.25) is 0 Å². The van der Waals surface area contributed by atoms with Gasteiger partial charge in [0.25, 0.3) is 0 Å². The molecule has 0 heterocycles. The predicted molar refractivity (Wildman–Crippen MR) is 84.8 cm³/mol. The Morgan fingerprint density at radius 3 is 2.62 bits per heavy atom. The van der Waals surface area contributed by atoms with Crippen molar-refractivity contribution in [2.24, 2.45) is 28.1 Å². The van der Waals surface area contributed by atoms with Gasteiger partial charge in [0.1, 0.15) is 6.10 Å². The average Bonchev–Trinajstić information content (AvgIpc) is 2.34. The molecule has 3 unspecified atom stereocenters. The quantitative estimate of drug-likeness (QED) is 0.542. The first-order valence-corrected chi connectivity index (χ1v) is 8.52. The van der Waals surface area contributed by atoms with Crippen LogP contribution in [0.15, 0.2) is 11.6 Å². The van der Waals surface area contributed by atoms with Crippen molar-refractivity contribution in [3.8, 4) is 0 Å². The van der Waals surface area contributed by atoms with Crippen LogP contribution in [0.5, 0.6) is 0 Å². The van der Waals surface area contributed by atoms with E-state index >= 15 is 0 Å². The molecule has 3 aliphatic carbocycles. The summed E-state index contributed by atoms with van der Waals surface area (Å²) in [5, 5.41) is 0. The molecule has 1 spiro atoms. The Bertz CT molecular complexity index is 504. The van der Waals surface area contributed by atoms with Gasteiger partial charge in [-0.3, -0.25) is 4.79 Å². The first-order chi connectivity index (χ1) is 9.62. The molecule has 2 bridgehead atoms. The van der Waals surface area contributed by atoms with E-state index in [-0.39, 0.29) is 17.5 Å². The van der Waals surface area contributed by atoms with Gasteiger partial charge in [-0.15, -0.1) is 0 Å². The number of carbonyl (C=O) groups is 1. The molecule has 118 valence electrons. The molecule has 0 aliphatic heterocycles. The Labute approximate surface area is 129 Å². The predicted octanol–water partition coefficient (Wildman–Crippen LogP) is 4.74. The summed E-state index contributed by atoms with van der Waals surface area (Å²) in [5.74, 6) is 1.17. The third kappa shape index (κ3) is 1.87. The van der Waals surface area contributed by atoms with Gasteiger partial charge in [0.15, 0.2) is 0 Å². The standard InChI is InChI=1S/C19H30O2/c1-12-9-16-15-7-8-17(4,5)19(16,10-15)11-18(12,6)13(2)21-14(3)20/h9,12-13,15H,7-8,10-11H2,1-6H3/t12?,13?,15-,18?,19-/m0/s1. The van der Waals surface area contributed by atoms with Crippen molar-refractivity contribution in [3.05, 3.63) is 11.6 Å². The van der Waals surface area contributed by atoms with E-state index in [4.69, 9.17) is 4.74 Å². The molecule has 2 saturated carbocycles. The van der Waals surface area contributed by atoms with Crippen LogP contribution in [0.25, 0.3) is 0 Å². The molecule has 3 aliphatic rings. The Hall–Kier alpha value is -0.790. The number of ether oxygens (including phenoxy) is 1. The van der Waals surface area contributed by atoms with Crippen molar-refractivity contribution in [2.45, 2.75) is 73.3 Å². The molecule has 2 fully saturated rings. The fourth-order valence-electron chi connectivity index (χ4n) is 5.48. The van der Waals surface area contributed by atoms with Gasteiger partial charge in [0.05, 0.1) is 0 Å². The van der Waals surface area contributed by atoms with Crippen molar-refractivity contribution in [3.63, 3.8) is 0 Å². The first kappa shape index (κ1) is 15.1. The fraction of sp³-hybridized carbons (Fsp3) is 0.842. The van der Waals surface area contributed by atoms with Gasteiger partial charge in [-0.1, -0.05) is 39.3 Å². The van der Waals surface area contributed by atoms with Gasteiger partial charge in [-0.25, -0.2) is 0 Å². The van der Waals surface area contributed by atoms with E-state index < -0.39 is 0 Å². The van der Waals surface area contributed by atoms with Crippen LogP contribution in [0, 0.1) is 28.1 Å². The maximum Gasteiger partial charge on any atom is 0.302 e. The number of carbonyl (C=O) groups excluding carboxylic acids is 1. The molecule has 0 radical (unpaired) electrons. The summed E-state index contributed by atoms with van der Waals surface area (Å²) in [5.41, 5.74) is 2.53. The summed E-state index contributed by atoms with van der Waals surface area (Å²) in [6.07, 6.45) is 7.74. The lowest BCUT2D eigenvalue weighted by molar-refractivity contribution is -0.164. The summed E-state index contributed by atoms with van der Waals surface area (Å²) < 4.78 is 5.61. The Kier molecular flexibility index (Phi) is 3.14. The van der Waals surface area contributed by atoms with E-state index in [1.165, 1.54) is 32.6 Å². The maximum atomic E-state index is 11.4. The lowest BCUT2D eigenvalue weighted by Gasteiger charge is -2.69. The highest BCUT2D eigenvalue weighted by atomic mass is 16.5. The highest BCUT2D eigenvalue weighted by molar-refractivity contribution is 5.66. The van der Waals surface area contributed by atoms with Crippen LogP contribution in [0.3, 0.4) is 0 Å². The SMILES string of the molecule is CC(=O)OC(C)C1(C)C[C@]23C[C@H](CCC2(C)C)C3=CC1C.